The molecule has 0 N–H and O–H groups in total. The highest BCUT2D eigenvalue weighted by Gasteiger charge is 2.12. The second-order valence-electron chi connectivity index (χ2n) is 5.20. The Labute approximate surface area is 114 Å². The minimum atomic E-state index is 0.557. The molecule has 1 aliphatic rings. The van der Waals surface area contributed by atoms with E-state index >= 15 is 0 Å². The number of fused-ring (bicyclic) bond motifs is 1. The largest absolute Gasteiger partial charge is 0.0839 e. The molecular formula is C16H23Br. The van der Waals surface area contributed by atoms with E-state index in [1.54, 1.807) is 11.1 Å². The van der Waals surface area contributed by atoms with Crippen LogP contribution in [0.5, 0.6) is 0 Å². The van der Waals surface area contributed by atoms with Gasteiger partial charge in [0.15, 0.2) is 0 Å². The van der Waals surface area contributed by atoms with Crippen molar-refractivity contribution in [1.29, 1.82) is 0 Å². The fourth-order valence-electron chi connectivity index (χ4n) is 2.69. The molecule has 1 unspecified atom stereocenters. The van der Waals surface area contributed by atoms with Crippen molar-refractivity contribution in [2.24, 2.45) is 0 Å². The van der Waals surface area contributed by atoms with Gasteiger partial charge in [-0.1, -0.05) is 60.3 Å². The molecule has 2 rings (SSSR count). The highest BCUT2D eigenvalue weighted by molar-refractivity contribution is 9.09. The Kier molecular flexibility index (Phi) is 5.09. The standard InChI is InChI=1S/C16H23Br/c1-2-3-4-9-16(17)15-11-10-13-7-5-6-8-14(13)12-15/h10-12,16H,2-9H2,1H3. The van der Waals surface area contributed by atoms with Crippen LogP contribution in [0, 0.1) is 0 Å². The third kappa shape index (κ3) is 3.58. The summed E-state index contributed by atoms with van der Waals surface area (Å²) < 4.78 is 0. The lowest BCUT2D eigenvalue weighted by molar-refractivity contribution is 0.659. The monoisotopic (exact) mass is 294 g/mol. The van der Waals surface area contributed by atoms with E-state index in [4.69, 9.17) is 0 Å². The van der Waals surface area contributed by atoms with Crippen molar-refractivity contribution in [2.75, 3.05) is 0 Å². The van der Waals surface area contributed by atoms with Gasteiger partial charge in [-0.25, -0.2) is 0 Å². The molecular weight excluding hydrogens is 272 g/mol. The summed E-state index contributed by atoms with van der Waals surface area (Å²) in [4.78, 5) is 0.557. The van der Waals surface area contributed by atoms with Crippen molar-refractivity contribution in [3.8, 4) is 0 Å². The fraction of sp³-hybridized carbons (Fsp3) is 0.625. The van der Waals surface area contributed by atoms with E-state index in [0.717, 1.165) is 0 Å². The molecule has 94 valence electrons. The second-order valence-corrected chi connectivity index (χ2v) is 6.30. The third-order valence-corrected chi connectivity index (χ3v) is 4.78. The molecule has 1 heteroatoms. The normalized spacial score (nSPS) is 16.6. The van der Waals surface area contributed by atoms with Gasteiger partial charge in [0.1, 0.15) is 0 Å². The SMILES string of the molecule is CCCCCC(Br)c1ccc2c(c1)CCCC2. The first-order valence-electron chi connectivity index (χ1n) is 7.07. The Bertz CT molecular complexity index is 357. The number of benzene rings is 1. The minimum absolute atomic E-state index is 0.557. The van der Waals surface area contributed by atoms with Crippen molar-refractivity contribution in [2.45, 2.75) is 63.1 Å². The molecule has 0 fully saturated rings. The molecule has 0 saturated carbocycles. The first-order valence-corrected chi connectivity index (χ1v) is 7.98. The van der Waals surface area contributed by atoms with Gasteiger partial charge in [0.2, 0.25) is 0 Å². The van der Waals surface area contributed by atoms with Gasteiger partial charge < -0.3 is 0 Å². The van der Waals surface area contributed by atoms with Crippen LogP contribution in [0.15, 0.2) is 18.2 Å². The maximum Gasteiger partial charge on any atom is 0.0395 e. The van der Waals surface area contributed by atoms with Gasteiger partial charge in [0.25, 0.3) is 0 Å². The molecule has 0 heterocycles. The van der Waals surface area contributed by atoms with Crippen LogP contribution >= 0.6 is 15.9 Å². The summed E-state index contributed by atoms with van der Waals surface area (Å²) in [5, 5.41) is 0. The average molecular weight is 295 g/mol. The van der Waals surface area contributed by atoms with Gasteiger partial charge in [0.05, 0.1) is 0 Å². The highest BCUT2D eigenvalue weighted by atomic mass is 79.9. The van der Waals surface area contributed by atoms with E-state index in [2.05, 4.69) is 41.1 Å². The molecule has 0 aromatic heterocycles. The van der Waals surface area contributed by atoms with Crippen LogP contribution < -0.4 is 0 Å². The molecule has 1 aromatic carbocycles. The van der Waals surface area contributed by atoms with Gasteiger partial charge >= 0.3 is 0 Å². The zero-order chi connectivity index (χ0) is 12.1. The Morgan fingerprint density at radius 2 is 1.88 bits per heavy atom. The van der Waals surface area contributed by atoms with Crippen molar-refractivity contribution in [3.63, 3.8) is 0 Å². The first kappa shape index (κ1) is 13.1. The van der Waals surface area contributed by atoms with E-state index in [0.29, 0.717) is 4.83 Å². The summed E-state index contributed by atoms with van der Waals surface area (Å²) in [6.45, 7) is 2.27. The molecule has 17 heavy (non-hydrogen) atoms. The maximum atomic E-state index is 3.84. The zero-order valence-corrected chi connectivity index (χ0v) is 12.4. The molecule has 0 nitrogen and oxygen atoms in total. The van der Waals surface area contributed by atoms with Crippen molar-refractivity contribution < 1.29 is 0 Å². The molecule has 0 radical (unpaired) electrons. The van der Waals surface area contributed by atoms with E-state index in [1.807, 2.05) is 0 Å². The summed E-state index contributed by atoms with van der Waals surface area (Å²) in [6, 6.07) is 7.13. The number of alkyl halides is 1. The van der Waals surface area contributed by atoms with Gasteiger partial charge in [0, 0.05) is 4.83 Å². The Hall–Kier alpha value is -0.300. The van der Waals surface area contributed by atoms with Crippen molar-refractivity contribution in [3.05, 3.63) is 34.9 Å². The highest BCUT2D eigenvalue weighted by Crippen LogP contribution is 2.31. The lowest BCUT2D eigenvalue weighted by Gasteiger charge is -2.18. The number of aryl methyl sites for hydroxylation is 2. The van der Waals surface area contributed by atoms with E-state index in [1.165, 1.54) is 56.9 Å². The van der Waals surface area contributed by atoms with E-state index < -0.39 is 0 Å². The van der Waals surface area contributed by atoms with Gasteiger partial charge in [-0.3, -0.25) is 0 Å². The predicted octanol–water partition coefficient (Wildman–Crippen LogP) is 5.58. The van der Waals surface area contributed by atoms with Gasteiger partial charge in [-0.2, -0.15) is 0 Å². The van der Waals surface area contributed by atoms with Crippen LogP contribution in [0.2, 0.25) is 0 Å². The summed E-state index contributed by atoms with van der Waals surface area (Å²) in [7, 11) is 0. The summed E-state index contributed by atoms with van der Waals surface area (Å²) in [6.07, 6.45) is 10.6. The summed E-state index contributed by atoms with van der Waals surface area (Å²) in [5.41, 5.74) is 4.68. The zero-order valence-electron chi connectivity index (χ0n) is 10.8. The second kappa shape index (κ2) is 6.58. The third-order valence-electron chi connectivity index (χ3n) is 3.80. The lowest BCUT2D eigenvalue weighted by Crippen LogP contribution is -2.03. The molecule has 0 saturated heterocycles. The molecule has 0 bridgehead atoms. The molecule has 1 atom stereocenters. The quantitative estimate of drug-likeness (QED) is 0.491. The maximum absolute atomic E-state index is 3.84. The van der Waals surface area contributed by atoms with Crippen LogP contribution in [0.1, 0.15) is 67.0 Å². The smallest absolute Gasteiger partial charge is 0.0395 e. The Balaban J connectivity index is 2.00. The van der Waals surface area contributed by atoms with Gasteiger partial charge in [-0.15, -0.1) is 0 Å². The minimum Gasteiger partial charge on any atom is -0.0839 e. The molecule has 1 aliphatic carbocycles. The predicted molar refractivity (Wildman–Crippen MR) is 78.9 cm³/mol. The van der Waals surface area contributed by atoms with Crippen molar-refractivity contribution in [1.82, 2.24) is 0 Å². The number of hydrogen-bond donors (Lipinski definition) is 0. The summed E-state index contributed by atoms with van der Waals surface area (Å²) >= 11 is 3.84. The molecule has 1 aromatic rings. The van der Waals surface area contributed by atoms with Crippen LogP contribution in [-0.2, 0) is 12.8 Å². The fourth-order valence-corrected chi connectivity index (χ4v) is 3.30. The Morgan fingerprint density at radius 1 is 1.12 bits per heavy atom. The molecule has 0 aliphatic heterocycles. The van der Waals surface area contributed by atoms with Crippen LogP contribution in [0.3, 0.4) is 0 Å². The lowest BCUT2D eigenvalue weighted by atomic mass is 9.89. The van der Waals surface area contributed by atoms with Crippen molar-refractivity contribution >= 4 is 15.9 Å². The average Bonchev–Trinajstić information content (AvgIpc) is 2.38. The van der Waals surface area contributed by atoms with E-state index in [9.17, 15) is 0 Å². The van der Waals surface area contributed by atoms with Crippen LogP contribution in [0.4, 0.5) is 0 Å². The van der Waals surface area contributed by atoms with E-state index in [-0.39, 0.29) is 0 Å². The first-order chi connectivity index (χ1) is 8.31. The topological polar surface area (TPSA) is 0 Å². The number of halogens is 1. The number of rotatable bonds is 5. The van der Waals surface area contributed by atoms with Crippen LogP contribution in [0.25, 0.3) is 0 Å². The Morgan fingerprint density at radius 3 is 2.65 bits per heavy atom. The number of unbranched alkanes of at least 4 members (excludes halogenated alkanes) is 2. The molecule has 0 spiro atoms. The summed E-state index contributed by atoms with van der Waals surface area (Å²) in [5.74, 6) is 0. The molecule has 0 amide bonds. The van der Waals surface area contributed by atoms with Gasteiger partial charge in [-0.05, 0) is 48.8 Å². The van der Waals surface area contributed by atoms with Crippen LogP contribution in [-0.4, -0.2) is 0 Å². The number of hydrogen-bond acceptors (Lipinski definition) is 0.